The summed E-state index contributed by atoms with van der Waals surface area (Å²) in [7, 11) is 3.29. The van der Waals surface area contributed by atoms with E-state index in [1.54, 1.807) is 14.2 Å². The normalized spacial score (nSPS) is 37.1. The third-order valence-electron chi connectivity index (χ3n) is 2.69. The Labute approximate surface area is 85.4 Å². The third-order valence-corrected chi connectivity index (χ3v) is 2.69. The predicted octanol–water partition coefficient (Wildman–Crippen LogP) is 1.74. The lowest BCUT2D eigenvalue weighted by molar-refractivity contribution is -0.495. The molecule has 1 saturated heterocycles. The fourth-order valence-electron chi connectivity index (χ4n) is 1.69. The lowest BCUT2D eigenvalue weighted by atomic mass is 9.87. The molecule has 1 aliphatic rings. The molecule has 0 radical (unpaired) electrons. The van der Waals surface area contributed by atoms with Gasteiger partial charge in [0.05, 0.1) is 12.2 Å². The molecule has 84 valence electrons. The Morgan fingerprint density at radius 2 is 1.86 bits per heavy atom. The van der Waals surface area contributed by atoms with Crippen LogP contribution in [-0.2, 0) is 19.2 Å². The van der Waals surface area contributed by atoms with Gasteiger partial charge in [0.15, 0.2) is 0 Å². The highest BCUT2D eigenvalue weighted by atomic mass is 17.2. The summed E-state index contributed by atoms with van der Waals surface area (Å²) < 4.78 is 10.5. The quantitative estimate of drug-likeness (QED) is 0.656. The van der Waals surface area contributed by atoms with Gasteiger partial charge in [-0.3, -0.25) is 0 Å². The van der Waals surface area contributed by atoms with Gasteiger partial charge in [0.25, 0.3) is 0 Å². The molecule has 0 aromatic heterocycles. The first-order valence-electron chi connectivity index (χ1n) is 4.84. The molecule has 0 spiro atoms. The highest BCUT2D eigenvalue weighted by molar-refractivity contribution is 4.84. The molecule has 0 N–H and O–H groups in total. The molecule has 4 nitrogen and oxygen atoms in total. The summed E-state index contributed by atoms with van der Waals surface area (Å²) in [5, 5.41) is 0. The minimum atomic E-state index is -0.703. The zero-order valence-corrected chi connectivity index (χ0v) is 9.62. The van der Waals surface area contributed by atoms with E-state index in [1.165, 1.54) is 0 Å². The molecule has 1 aliphatic heterocycles. The molecule has 0 amide bonds. The number of rotatable bonds is 3. The SMILES string of the molecule is COC[C@H]1CC(C)(C)OO[C@@]1(C)OC. The van der Waals surface area contributed by atoms with Gasteiger partial charge in [-0.1, -0.05) is 0 Å². The monoisotopic (exact) mass is 204 g/mol. The van der Waals surface area contributed by atoms with Crippen molar-refractivity contribution in [2.24, 2.45) is 5.92 Å². The van der Waals surface area contributed by atoms with Gasteiger partial charge in [-0.2, -0.15) is 0 Å². The largest absolute Gasteiger partial charge is 0.384 e. The highest BCUT2D eigenvalue weighted by Crippen LogP contribution is 2.38. The maximum Gasteiger partial charge on any atom is 0.203 e. The fraction of sp³-hybridized carbons (Fsp3) is 1.00. The molecule has 0 aromatic carbocycles. The van der Waals surface area contributed by atoms with Crippen molar-refractivity contribution in [1.29, 1.82) is 0 Å². The van der Waals surface area contributed by atoms with E-state index in [0.29, 0.717) is 6.61 Å². The number of methoxy groups -OCH3 is 2. The molecule has 0 aliphatic carbocycles. The van der Waals surface area contributed by atoms with Crippen LogP contribution in [0.4, 0.5) is 0 Å². The first kappa shape index (κ1) is 11.9. The van der Waals surface area contributed by atoms with Gasteiger partial charge in [0, 0.05) is 20.1 Å². The van der Waals surface area contributed by atoms with Crippen LogP contribution in [0.25, 0.3) is 0 Å². The van der Waals surface area contributed by atoms with E-state index in [9.17, 15) is 0 Å². The Bertz CT molecular complexity index is 193. The Morgan fingerprint density at radius 3 is 2.36 bits per heavy atom. The smallest absolute Gasteiger partial charge is 0.203 e. The van der Waals surface area contributed by atoms with Crippen LogP contribution in [-0.4, -0.2) is 32.2 Å². The van der Waals surface area contributed by atoms with Crippen LogP contribution < -0.4 is 0 Å². The van der Waals surface area contributed by atoms with Crippen LogP contribution >= 0.6 is 0 Å². The lowest BCUT2D eigenvalue weighted by Crippen LogP contribution is -2.51. The zero-order chi connectivity index (χ0) is 10.8. The molecule has 0 aromatic rings. The van der Waals surface area contributed by atoms with E-state index < -0.39 is 5.79 Å². The van der Waals surface area contributed by atoms with Crippen molar-refractivity contribution in [2.75, 3.05) is 20.8 Å². The third kappa shape index (κ3) is 2.45. The molecule has 1 fully saturated rings. The summed E-state index contributed by atoms with van der Waals surface area (Å²) in [6, 6.07) is 0. The Kier molecular flexibility index (Phi) is 3.53. The molecule has 1 rings (SSSR count). The minimum Gasteiger partial charge on any atom is -0.384 e. The first-order chi connectivity index (χ1) is 6.43. The molecular weight excluding hydrogens is 184 g/mol. The van der Waals surface area contributed by atoms with Crippen LogP contribution in [0.1, 0.15) is 27.2 Å². The average Bonchev–Trinajstić information content (AvgIpc) is 2.12. The maximum atomic E-state index is 5.31. The van der Waals surface area contributed by atoms with Crippen molar-refractivity contribution in [1.82, 2.24) is 0 Å². The molecular formula is C10H20O4. The standard InChI is InChI=1S/C10H20O4/c1-9(2)6-8(7-11-4)10(3,12-5)14-13-9/h8H,6-7H2,1-5H3/t8-,10-/m1/s1. The van der Waals surface area contributed by atoms with Gasteiger partial charge in [0.1, 0.15) is 0 Å². The van der Waals surface area contributed by atoms with Crippen molar-refractivity contribution in [3.8, 4) is 0 Å². The Balaban J connectivity index is 2.70. The topological polar surface area (TPSA) is 36.9 Å². The number of hydrogen-bond donors (Lipinski definition) is 0. The highest BCUT2D eigenvalue weighted by Gasteiger charge is 2.46. The number of ether oxygens (including phenoxy) is 2. The summed E-state index contributed by atoms with van der Waals surface area (Å²) in [4.78, 5) is 10.6. The van der Waals surface area contributed by atoms with E-state index in [4.69, 9.17) is 19.2 Å². The predicted molar refractivity (Wildman–Crippen MR) is 51.6 cm³/mol. The van der Waals surface area contributed by atoms with E-state index in [0.717, 1.165) is 6.42 Å². The zero-order valence-electron chi connectivity index (χ0n) is 9.62. The molecule has 2 atom stereocenters. The summed E-state index contributed by atoms with van der Waals surface area (Å²) in [5.41, 5.74) is -0.277. The average molecular weight is 204 g/mol. The molecule has 0 bridgehead atoms. The van der Waals surface area contributed by atoms with Crippen LogP contribution in [0, 0.1) is 5.92 Å². The summed E-state index contributed by atoms with van der Waals surface area (Å²) in [6.45, 7) is 6.46. The maximum absolute atomic E-state index is 5.31. The second kappa shape index (κ2) is 4.14. The molecule has 0 unspecified atom stereocenters. The second-order valence-electron chi connectivity index (χ2n) is 4.50. The molecule has 14 heavy (non-hydrogen) atoms. The van der Waals surface area contributed by atoms with E-state index in [-0.39, 0.29) is 11.5 Å². The second-order valence-corrected chi connectivity index (χ2v) is 4.50. The van der Waals surface area contributed by atoms with Gasteiger partial charge in [0.2, 0.25) is 5.79 Å². The van der Waals surface area contributed by atoms with Crippen LogP contribution in [0.15, 0.2) is 0 Å². The molecule has 0 saturated carbocycles. The van der Waals surface area contributed by atoms with E-state index in [1.807, 2.05) is 20.8 Å². The minimum absolute atomic E-state index is 0.182. The Hall–Kier alpha value is -0.160. The van der Waals surface area contributed by atoms with E-state index >= 15 is 0 Å². The van der Waals surface area contributed by atoms with Crippen molar-refractivity contribution in [3.05, 3.63) is 0 Å². The van der Waals surface area contributed by atoms with Crippen LogP contribution in [0.2, 0.25) is 0 Å². The molecule has 4 heteroatoms. The van der Waals surface area contributed by atoms with Crippen LogP contribution in [0.3, 0.4) is 0 Å². The fourth-order valence-corrected chi connectivity index (χ4v) is 1.69. The molecule has 1 heterocycles. The van der Waals surface area contributed by atoms with Gasteiger partial charge in [-0.05, 0) is 27.2 Å². The summed E-state index contributed by atoms with van der Waals surface area (Å²) in [6.07, 6.45) is 0.852. The summed E-state index contributed by atoms with van der Waals surface area (Å²) in [5.74, 6) is -0.521. The van der Waals surface area contributed by atoms with Gasteiger partial charge >= 0.3 is 0 Å². The van der Waals surface area contributed by atoms with Gasteiger partial charge < -0.3 is 9.47 Å². The van der Waals surface area contributed by atoms with Crippen molar-refractivity contribution in [2.45, 2.75) is 38.6 Å². The summed E-state index contributed by atoms with van der Waals surface area (Å²) >= 11 is 0. The van der Waals surface area contributed by atoms with E-state index in [2.05, 4.69) is 0 Å². The van der Waals surface area contributed by atoms with Crippen molar-refractivity contribution < 1.29 is 19.2 Å². The van der Waals surface area contributed by atoms with Gasteiger partial charge in [-0.15, -0.1) is 0 Å². The van der Waals surface area contributed by atoms with Crippen LogP contribution in [0.5, 0.6) is 0 Å². The van der Waals surface area contributed by atoms with Gasteiger partial charge in [-0.25, -0.2) is 9.78 Å². The lowest BCUT2D eigenvalue weighted by Gasteiger charge is -2.44. The first-order valence-corrected chi connectivity index (χ1v) is 4.84. The van der Waals surface area contributed by atoms with Crippen molar-refractivity contribution >= 4 is 0 Å². The van der Waals surface area contributed by atoms with Crippen molar-refractivity contribution in [3.63, 3.8) is 0 Å². The Morgan fingerprint density at radius 1 is 1.21 bits per heavy atom. The number of hydrogen-bond acceptors (Lipinski definition) is 4.